The molecule has 1 N–H and O–H groups in total. The molecule has 0 aliphatic rings. The lowest BCUT2D eigenvalue weighted by atomic mass is 9.74. The van der Waals surface area contributed by atoms with Gasteiger partial charge in [0.15, 0.2) is 0 Å². The number of aromatic nitrogens is 3. The molecule has 1 aromatic heterocycles. The molecule has 170 valence electrons. The van der Waals surface area contributed by atoms with E-state index in [1.165, 1.54) is 0 Å². The second-order valence-corrected chi connectivity index (χ2v) is 8.93. The Hall–Kier alpha value is -1.02. The van der Waals surface area contributed by atoms with Crippen LogP contribution in [-0.4, -0.2) is 58.2 Å². The number of aliphatic hydroxyl groups excluding tert-OH is 1. The van der Waals surface area contributed by atoms with Crippen LogP contribution in [0.1, 0.15) is 73.4 Å². The summed E-state index contributed by atoms with van der Waals surface area (Å²) in [5.74, 6) is 0.515. The highest BCUT2D eigenvalue weighted by Crippen LogP contribution is 2.35. The van der Waals surface area contributed by atoms with Crippen molar-refractivity contribution in [1.82, 2.24) is 15.0 Å². The first kappa shape index (κ1) is 26.0. The molecule has 0 fully saturated rings. The third-order valence-corrected chi connectivity index (χ3v) is 5.82. The van der Waals surface area contributed by atoms with Gasteiger partial charge in [0.05, 0.1) is 50.9 Å². The standard InChI is InChI=1S/C22H43N3O4/c1-8-19(5)22(9-2,17-28-18(3)4)16-27-15-20-14-25(24-23-20)11-13-29-21(6,7)10-12-26/h14,18-19,26H,8-13,15-17H2,1-7H3. The van der Waals surface area contributed by atoms with E-state index in [1.807, 2.05) is 20.0 Å². The van der Waals surface area contributed by atoms with Gasteiger partial charge < -0.3 is 19.3 Å². The molecule has 0 spiro atoms. The number of aliphatic hydroxyl groups is 1. The predicted molar refractivity (Wildman–Crippen MR) is 115 cm³/mol. The van der Waals surface area contributed by atoms with Gasteiger partial charge in [0.1, 0.15) is 5.69 Å². The van der Waals surface area contributed by atoms with E-state index in [1.54, 1.807) is 4.68 Å². The number of rotatable bonds is 16. The highest BCUT2D eigenvalue weighted by molar-refractivity contribution is 4.90. The largest absolute Gasteiger partial charge is 0.396 e. The molecule has 0 bridgehead atoms. The van der Waals surface area contributed by atoms with Crippen LogP contribution in [-0.2, 0) is 27.4 Å². The zero-order chi connectivity index (χ0) is 21.9. The summed E-state index contributed by atoms with van der Waals surface area (Å²) in [6.45, 7) is 17.9. The van der Waals surface area contributed by atoms with Crippen molar-refractivity contribution in [2.75, 3.05) is 26.4 Å². The van der Waals surface area contributed by atoms with Gasteiger partial charge in [0, 0.05) is 12.0 Å². The van der Waals surface area contributed by atoms with Crippen LogP contribution < -0.4 is 0 Å². The van der Waals surface area contributed by atoms with Crippen molar-refractivity contribution in [2.24, 2.45) is 11.3 Å². The van der Waals surface area contributed by atoms with Crippen molar-refractivity contribution in [3.05, 3.63) is 11.9 Å². The van der Waals surface area contributed by atoms with Gasteiger partial charge in [-0.3, -0.25) is 0 Å². The average Bonchev–Trinajstić information content (AvgIpc) is 3.11. The number of hydrogen-bond acceptors (Lipinski definition) is 6. The van der Waals surface area contributed by atoms with E-state index in [0.29, 0.717) is 45.3 Å². The van der Waals surface area contributed by atoms with Crippen LogP contribution in [0.15, 0.2) is 6.20 Å². The zero-order valence-corrected chi connectivity index (χ0v) is 19.6. The summed E-state index contributed by atoms with van der Waals surface area (Å²) < 4.78 is 19.6. The summed E-state index contributed by atoms with van der Waals surface area (Å²) in [4.78, 5) is 0. The van der Waals surface area contributed by atoms with Crippen LogP contribution in [0.4, 0.5) is 0 Å². The quantitative estimate of drug-likeness (QED) is 0.444. The maximum Gasteiger partial charge on any atom is 0.108 e. The molecule has 0 aromatic carbocycles. The Balaban J connectivity index is 2.53. The van der Waals surface area contributed by atoms with E-state index in [2.05, 4.69) is 44.9 Å². The molecule has 0 amide bonds. The van der Waals surface area contributed by atoms with Gasteiger partial charge in [-0.1, -0.05) is 32.4 Å². The minimum Gasteiger partial charge on any atom is -0.396 e. The molecule has 0 aliphatic carbocycles. The molecule has 2 unspecified atom stereocenters. The first-order chi connectivity index (χ1) is 13.7. The lowest BCUT2D eigenvalue weighted by molar-refractivity contribution is -0.0745. The van der Waals surface area contributed by atoms with Crippen molar-refractivity contribution < 1.29 is 19.3 Å². The molecular formula is C22H43N3O4. The van der Waals surface area contributed by atoms with Crippen molar-refractivity contribution in [3.63, 3.8) is 0 Å². The van der Waals surface area contributed by atoms with Crippen molar-refractivity contribution in [1.29, 1.82) is 0 Å². The normalized spacial score (nSPS) is 15.6. The minimum atomic E-state index is -0.335. The Morgan fingerprint density at radius 2 is 1.90 bits per heavy atom. The third kappa shape index (κ3) is 9.11. The molecule has 7 heteroatoms. The second kappa shape index (κ2) is 12.6. The van der Waals surface area contributed by atoms with Gasteiger partial charge >= 0.3 is 0 Å². The summed E-state index contributed by atoms with van der Waals surface area (Å²) in [5, 5.41) is 17.4. The van der Waals surface area contributed by atoms with Crippen LogP contribution in [0.5, 0.6) is 0 Å². The molecule has 0 radical (unpaired) electrons. The van der Waals surface area contributed by atoms with E-state index in [-0.39, 0.29) is 23.7 Å². The predicted octanol–water partition coefficient (Wildman–Crippen LogP) is 3.84. The first-order valence-corrected chi connectivity index (χ1v) is 11.0. The minimum absolute atomic E-state index is 0.0150. The maximum atomic E-state index is 9.06. The monoisotopic (exact) mass is 413 g/mol. The summed E-state index contributed by atoms with van der Waals surface area (Å²) in [6, 6.07) is 0. The van der Waals surface area contributed by atoms with Crippen molar-refractivity contribution in [2.45, 2.75) is 92.6 Å². The van der Waals surface area contributed by atoms with E-state index in [0.717, 1.165) is 18.5 Å². The van der Waals surface area contributed by atoms with Crippen molar-refractivity contribution in [3.8, 4) is 0 Å². The van der Waals surface area contributed by atoms with Gasteiger partial charge in [-0.2, -0.15) is 0 Å². The smallest absolute Gasteiger partial charge is 0.108 e. The second-order valence-electron chi connectivity index (χ2n) is 8.93. The van der Waals surface area contributed by atoms with Crippen LogP contribution in [0, 0.1) is 11.3 Å². The lowest BCUT2D eigenvalue weighted by Crippen LogP contribution is -2.38. The van der Waals surface area contributed by atoms with Crippen LogP contribution in [0.3, 0.4) is 0 Å². The van der Waals surface area contributed by atoms with Crippen LogP contribution >= 0.6 is 0 Å². The Kier molecular flexibility index (Phi) is 11.3. The Bertz CT molecular complexity index is 562. The average molecular weight is 414 g/mol. The molecule has 1 heterocycles. The van der Waals surface area contributed by atoms with E-state index in [4.69, 9.17) is 19.3 Å². The Labute approximate surface area is 177 Å². The molecule has 1 rings (SSSR count). The lowest BCUT2D eigenvalue weighted by Gasteiger charge is -2.38. The molecule has 1 aromatic rings. The highest BCUT2D eigenvalue weighted by Gasteiger charge is 2.34. The van der Waals surface area contributed by atoms with Crippen molar-refractivity contribution >= 4 is 0 Å². The SMILES string of the molecule is CCC(C)C(CC)(COCc1cn(CCOC(C)(C)CCO)nn1)COC(C)C. The molecule has 2 atom stereocenters. The summed E-state index contributed by atoms with van der Waals surface area (Å²) in [6.07, 6.45) is 4.85. The van der Waals surface area contributed by atoms with Crippen LogP contribution in [0.2, 0.25) is 0 Å². The van der Waals surface area contributed by atoms with E-state index < -0.39 is 0 Å². The highest BCUT2D eigenvalue weighted by atomic mass is 16.5. The fourth-order valence-electron chi connectivity index (χ4n) is 3.27. The summed E-state index contributed by atoms with van der Waals surface area (Å²) in [7, 11) is 0. The topological polar surface area (TPSA) is 78.6 Å². The van der Waals surface area contributed by atoms with E-state index >= 15 is 0 Å². The van der Waals surface area contributed by atoms with Gasteiger partial charge in [0.25, 0.3) is 0 Å². The molecule has 7 nitrogen and oxygen atoms in total. The first-order valence-electron chi connectivity index (χ1n) is 11.0. The fraction of sp³-hybridized carbons (Fsp3) is 0.909. The fourth-order valence-corrected chi connectivity index (χ4v) is 3.27. The summed E-state index contributed by atoms with van der Waals surface area (Å²) >= 11 is 0. The Morgan fingerprint density at radius 1 is 1.17 bits per heavy atom. The van der Waals surface area contributed by atoms with Gasteiger partial charge in [-0.05, 0) is 46.5 Å². The Morgan fingerprint density at radius 3 is 2.48 bits per heavy atom. The number of hydrogen-bond donors (Lipinski definition) is 1. The van der Waals surface area contributed by atoms with Gasteiger partial charge in [-0.15, -0.1) is 5.10 Å². The number of nitrogens with zero attached hydrogens (tertiary/aromatic N) is 3. The molecular weight excluding hydrogens is 370 g/mol. The zero-order valence-electron chi connectivity index (χ0n) is 19.6. The third-order valence-electron chi connectivity index (χ3n) is 5.82. The number of ether oxygens (including phenoxy) is 3. The molecule has 0 saturated carbocycles. The molecule has 29 heavy (non-hydrogen) atoms. The maximum absolute atomic E-state index is 9.06. The molecule has 0 aliphatic heterocycles. The van der Waals surface area contributed by atoms with E-state index in [9.17, 15) is 0 Å². The van der Waals surface area contributed by atoms with Gasteiger partial charge in [-0.25, -0.2) is 4.68 Å². The summed E-state index contributed by atoms with van der Waals surface area (Å²) in [5.41, 5.74) is 0.499. The molecule has 0 saturated heterocycles. The van der Waals surface area contributed by atoms with Crippen LogP contribution in [0.25, 0.3) is 0 Å². The van der Waals surface area contributed by atoms with Gasteiger partial charge in [0.2, 0.25) is 0 Å².